The standard InChI is InChI=1S/C14H16FN3/c1-14(10-16,11-5-3-2-4-6-11)18-13-8-7-12(15)9-17-13/h2-9H,10,16H2,1H3,(H,17,18). The number of aromatic nitrogens is 1. The summed E-state index contributed by atoms with van der Waals surface area (Å²) < 4.78 is 12.8. The number of rotatable bonds is 4. The molecule has 1 atom stereocenters. The molecular formula is C14H16FN3. The van der Waals surface area contributed by atoms with E-state index in [1.54, 1.807) is 6.07 Å². The van der Waals surface area contributed by atoms with Gasteiger partial charge in [0.05, 0.1) is 11.7 Å². The Morgan fingerprint density at radius 1 is 1.22 bits per heavy atom. The maximum Gasteiger partial charge on any atom is 0.141 e. The quantitative estimate of drug-likeness (QED) is 0.870. The third-order valence-electron chi connectivity index (χ3n) is 2.95. The van der Waals surface area contributed by atoms with Crippen LogP contribution in [0.1, 0.15) is 12.5 Å². The van der Waals surface area contributed by atoms with Gasteiger partial charge in [0, 0.05) is 6.54 Å². The topological polar surface area (TPSA) is 50.9 Å². The summed E-state index contributed by atoms with van der Waals surface area (Å²) in [6.07, 6.45) is 1.18. The van der Waals surface area contributed by atoms with E-state index in [2.05, 4.69) is 10.3 Å². The fraction of sp³-hybridized carbons (Fsp3) is 0.214. The first-order chi connectivity index (χ1) is 8.64. The third-order valence-corrected chi connectivity index (χ3v) is 2.95. The maximum atomic E-state index is 12.8. The first kappa shape index (κ1) is 12.5. The maximum absolute atomic E-state index is 12.8. The molecule has 0 radical (unpaired) electrons. The van der Waals surface area contributed by atoms with E-state index >= 15 is 0 Å². The van der Waals surface area contributed by atoms with Crippen molar-refractivity contribution in [3.8, 4) is 0 Å². The average molecular weight is 245 g/mol. The van der Waals surface area contributed by atoms with E-state index < -0.39 is 5.54 Å². The second-order valence-corrected chi connectivity index (χ2v) is 4.39. The van der Waals surface area contributed by atoms with Crippen LogP contribution in [-0.4, -0.2) is 11.5 Å². The number of nitrogens with two attached hydrogens (primary N) is 1. The minimum absolute atomic E-state index is 0.352. The molecule has 3 N–H and O–H groups in total. The molecule has 1 unspecified atom stereocenters. The Kier molecular flexibility index (Phi) is 3.58. The molecule has 1 aromatic heterocycles. The molecule has 2 aromatic rings. The Labute approximate surface area is 106 Å². The molecule has 94 valence electrons. The molecule has 0 spiro atoms. The van der Waals surface area contributed by atoms with Crippen LogP contribution < -0.4 is 11.1 Å². The van der Waals surface area contributed by atoms with Gasteiger partial charge in [-0.2, -0.15) is 0 Å². The number of hydrogen-bond donors (Lipinski definition) is 2. The summed E-state index contributed by atoms with van der Waals surface area (Å²) in [6, 6.07) is 12.9. The minimum Gasteiger partial charge on any atom is -0.360 e. The van der Waals surface area contributed by atoms with Crippen LogP contribution in [0, 0.1) is 5.82 Å². The molecule has 1 heterocycles. The molecule has 18 heavy (non-hydrogen) atoms. The lowest BCUT2D eigenvalue weighted by Gasteiger charge is -2.30. The van der Waals surface area contributed by atoms with Crippen LogP contribution in [-0.2, 0) is 5.54 Å². The van der Waals surface area contributed by atoms with E-state index in [0.717, 1.165) is 5.56 Å². The number of nitrogens with one attached hydrogen (secondary N) is 1. The van der Waals surface area contributed by atoms with Gasteiger partial charge >= 0.3 is 0 Å². The van der Waals surface area contributed by atoms with Gasteiger partial charge < -0.3 is 11.1 Å². The van der Waals surface area contributed by atoms with Crippen molar-refractivity contribution < 1.29 is 4.39 Å². The van der Waals surface area contributed by atoms with Crippen molar-refractivity contribution in [1.82, 2.24) is 4.98 Å². The molecular weight excluding hydrogens is 229 g/mol. The summed E-state index contributed by atoms with van der Waals surface area (Å²) in [7, 11) is 0. The highest BCUT2D eigenvalue weighted by molar-refractivity contribution is 5.41. The second-order valence-electron chi connectivity index (χ2n) is 4.39. The van der Waals surface area contributed by atoms with Crippen molar-refractivity contribution >= 4 is 5.82 Å². The molecule has 4 heteroatoms. The molecule has 3 nitrogen and oxygen atoms in total. The monoisotopic (exact) mass is 245 g/mol. The van der Waals surface area contributed by atoms with Crippen molar-refractivity contribution in [3.05, 3.63) is 60.0 Å². The normalized spacial score (nSPS) is 13.9. The number of pyridine rings is 1. The average Bonchev–Trinajstić information content (AvgIpc) is 2.42. The number of hydrogen-bond acceptors (Lipinski definition) is 3. The molecule has 0 aliphatic heterocycles. The first-order valence-corrected chi connectivity index (χ1v) is 5.79. The lowest BCUT2D eigenvalue weighted by Crippen LogP contribution is -2.39. The SMILES string of the molecule is CC(CN)(Nc1ccc(F)cn1)c1ccccc1. The fourth-order valence-corrected chi connectivity index (χ4v) is 1.78. The van der Waals surface area contributed by atoms with Crippen LogP contribution in [0.2, 0.25) is 0 Å². The van der Waals surface area contributed by atoms with Gasteiger partial charge in [0.2, 0.25) is 0 Å². The van der Waals surface area contributed by atoms with E-state index in [1.165, 1.54) is 12.3 Å². The minimum atomic E-state index is -0.425. The van der Waals surface area contributed by atoms with Crippen molar-refractivity contribution in [2.45, 2.75) is 12.5 Å². The first-order valence-electron chi connectivity index (χ1n) is 5.79. The van der Waals surface area contributed by atoms with Crippen molar-refractivity contribution in [2.75, 3.05) is 11.9 Å². The van der Waals surface area contributed by atoms with Crippen molar-refractivity contribution in [3.63, 3.8) is 0 Å². The lowest BCUT2D eigenvalue weighted by atomic mass is 9.92. The summed E-state index contributed by atoms with van der Waals surface area (Å²) >= 11 is 0. The van der Waals surface area contributed by atoms with Gasteiger partial charge in [-0.3, -0.25) is 0 Å². The lowest BCUT2D eigenvalue weighted by molar-refractivity contribution is 0.552. The van der Waals surface area contributed by atoms with Crippen LogP contribution in [0.4, 0.5) is 10.2 Å². The Morgan fingerprint density at radius 3 is 2.50 bits per heavy atom. The highest BCUT2D eigenvalue weighted by Crippen LogP contribution is 2.23. The van der Waals surface area contributed by atoms with Crippen molar-refractivity contribution in [1.29, 1.82) is 0 Å². The zero-order chi connectivity index (χ0) is 13.0. The zero-order valence-electron chi connectivity index (χ0n) is 10.2. The van der Waals surface area contributed by atoms with Crippen LogP contribution >= 0.6 is 0 Å². The molecule has 0 saturated carbocycles. The van der Waals surface area contributed by atoms with Gasteiger partial charge in [-0.15, -0.1) is 0 Å². The number of nitrogens with zero attached hydrogens (tertiary/aromatic N) is 1. The summed E-state index contributed by atoms with van der Waals surface area (Å²) in [4.78, 5) is 4.00. The molecule has 2 rings (SSSR count). The highest BCUT2D eigenvalue weighted by Gasteiger charge is 2.24. The van der Waals surface area contributed by atoms with E-state index in [1.807, 2.05) is 37.3 Å². The largest absolute Gasteiger partial charge is 0.360 e. The molecule has 0 fully saturated rings. The second kappa shape index (κ2) is 5.14. The Hall–Kier alpha value is -1.94. The van der Waals surface area contributed by atoms with Crippen LogP contribution in [0.5, 0.6) is 0 Å². The van der Waals surface area contributed by atoms with Gasteiger partial charge in [-0.05, 0) is 24.6 Å². The number of halogens is 1. The van der Waals surface area contributed by atoms with Crippen molar-refractivity contribution in [2.24, 2.45) is 5.73 Å². The Bertz CT molecular complexity index is 498. The van der Waals surface area contributed by atoms with E-state index in [4.69, 9.17) is 5.73 Å². The third kappa shape index (κ3) is 2.65. The Morgan fingerprint density at radius 2 is 1.94 bits per heavy atom. The van der Waals surface area contributed by atoms with Crippen LogP contribution in [0.15, 0.2) is 48.7 Å². The fourth-order valence-electron chi connectivity index (χ4n) is 1.78. The van der Waals surface area contributed by atoms with Gasteiger partial charge in [-0.25, -0.2) is 9.37 Å². The predicted octanol–water partition coefficient (Wildman–Crippen LogP) is 2.51. The van der Waals surface area contributed by atoms with Gasteiger partial charge in [0.15, 0.2) is 0 Å². The van der Waals surface area contributed by atoms with Crippen LogP contribution in [0.3, 0.4) is 0 Å². The molecule has 0 aliphatic rings. The zero-order valence-corrected chi connectivity index (χ0v) is 10.2. The number of anilines is 1. The molecule has 1 aromatic carbocycles. The van der Waals surface area contributed by atoms with Gasteiger partial charge in [0.25, 0.3) is 0 Å². The van der Waals surface area contributed by atoms with Gasteiger partial charge in [0.1, 0.15) is 11.6 Å². The molecule has 0 aliphatic carbocycles. The Balaban J connectivity index is 2.26. The molecule has 0 saturated heterocycles. The summed E-state index contributed by atoms with van der Waals surface area (Å²) in [5, 5.41) is 3.25. The summed E-state index contributed by atoms with van der Waals surface area (Å²) in [5.41, 5.74) is 6.50. The van der Waals surface area contributed by atoms with Gasteiger partial charge in [-0.1, -0.05) is 30.3 Å². The highest BCUT2D eigenvalue weighted by atomic mass is 19.1. The van der Waals surface area contributed by atoms with E-state index in [0.29, 0.717) is 12.4 Å². The van der Waals surface area contributed by atoms with Crippen LogP contribution in [0.25, 0.3) is 0 Å². The summed E-state index contributed by atoms with van der Waals surface area (Å²) in [5.74, 6) is 0.253. The number of benzene rings is 1. The predicted molar refractivity (Wildman–Crippen MR) is 70.7 cm³/mol. The van der Waals surface area contributed by atoms with E-state index in [-0.39, 0.29) is 5.82 Å². The smallest absolute Gasteiger partial charge is 0.141 e. The van der Waals surface area contributed by atoms with E-state index in [9.17, 15) is 4.39 Å². The summed E-state index contributed by atoms with van der Waals surface area (Å²) in [6.45, 7) is 2.41. The molecule has 0 amide bonds. The molecule has 0 bridgehead atoms.